The normalized spacial score (nSPS) is 13.1. The van der Waals surface area contributed by atoms with E-state index >= 15 is 0 Å². The monoisotopic (exact) mass is 229 g/mol. The summed E-state index contributed by atoms with van der Waals surface area (Å²) >= 11 is 0. The van der Waals surface area contributed by atoms with Crippen molar-refractivity contribution in [3.05, 3.63) is 0 Å². The summed E-state index contributed by atoms with van der Waals surface area (Å²) in [4.78, 5) is 20.6. The van der Waals surface area contributed by atoms with Gasteiger partial charge in [-0.2, -0.15) is 13.2 Å². The van der Waals surface area contributed by atoms with E-state index in [1.54, 1.807) is 0 Å². The number of hydrogen-bond acceptors (Lipinski definition) is 4. The van der Waals surface area contributed by atoms with Gasteiger partial charge < -0.3 is 20.5 Å². The summed E-state index contributed by atoms with van der Waals surface area (Å²) in [7, 11) is -2.13. The van der Waals surface area contributed by atoms with Gasteiger partial charge in [0.15, 0.2) is 0 Å². The Morgan fingerprint density at radius 3 is 2.07 bits per heavy atom. The van der Waals surface area contributed by atoms with Crippen LogP contribution in [0.2, 0.25) is 6.32 Å². The van der Waals surface area contributed by atoms with Crippen molar-refractivity contribution in [2.24, 2.45) is 0 Å². The van der Waals surface area contributed by atoms with Gasteiger partial charge in [-0.3, -0.25) is 9.59 Å². The Labute approximate surface area is 81.8 Å². The summed E-state index contributed by atoms with van der Waals surface area (Å²) in [6, 6.07) is -2.00. The first kappa shape index (κ1) is 13.7. The molecular formula is C5H7BF3NO5. The number of amides is 1. The van der Waals surface area contributed by atoms with Gasteiger partial charge in [0.05, 0.1) is 0 Å². The van der Waals surface area contributed by atoms with Crippen LogP contribution in [0.4, 0.5) is 13.2 Å². The molecule has 0 rings (SSSR count). The van der Waals surface area contributed by atoms with Crippen LogP contribution >= 0.6 is 0 Å². The zero-order chi connectivity index (χ0) is 12.2. The minimum atomic E-state index is -5.21. The lowest BCUT2D eigenvalue weighted by atomic mass is 9.82. The van der Waals surface area contributed by atoms with Crippen molar-refractivity contribution in [1.29, 1.82) is 0 Å². The molecule has 0 saturated heterocycles. The maximum Gasteiger partial charge on any atom is 0.471 e. The van der Waals surface area contributed by atoms with Gasteiger partial charge in [0.25, 0.3) is 0 Å². The minimum absolute atomic E-state index is 0.933. The third-order valence-electron chi connectivity index (χ3n) is 1.31. The first-order chi connectivity index (χ1) is 6.64. The highest BCUT2D eigenvalue weighted by atomic mass is 19.4. The summed E-state index contributed by atoms with van der Waals surface area (Å²) < 4.78 is 35.0. The van der Waals surface area contributed by atoms with Crippen LogP contribution in [0.1, 0.15) is 0 Å². The Kier molecular flexibility index (Phi) is 4.56. The SMILES string of the molecule is O=C(O)C(CB(O)O)NC(=O)C(F)(F)F. The number of rotatable bonds is 4. The second-order valence-corrected chi connectivity index (χ2v) is 2.58. The molecule has 0 aromatic rings. The molecule has 0 aliphatic carbocycles. The van der Waals surface area contributed by atoms with E-state index in [-0.39, 0.29) is 0 Å². The highest BCUT2D eigenvalue weighted by molar-refractivity contribution is 6.41. The van der Waals surface area contributed by atoms with Gasteiger partial charge in [0.2, 0.25) is 0 Å². The van der Waals surface area contributed by atoms with Crippen molar-refractivity contribution in [3.8, 4) is 0 Å². The lowest BCUT2D eigenvalue weighted by Crippen LogP contribution is -2.48. The molecule has 4 N–H and O–H groups in total. The van der Waals surface area contributed by atoms with E-state index in [4.69, 9.17) is 15.2 Å². The van der Waals surface area contributed by atoms with Crippen LogP contribution in [0.3, 0.4) is 0 Å². The molecule has 15 heavy (non-hydrogen) atoms. The molecule has 0 saturated carbocycles. The number of halogens is 3. The number of carboxylic acid groups (broad SMARTS) is 1. The molecule has 1 amide bonds. The molecule has 0 radical (unpaired) electrons. The largest absolute Gasteiger partial charge is 0.480 e. The number of carboxylic acids is 1. The summed E-state index contributed by atoms with van der Waals surface area (Å²) in [5.74, 6) is -4.24. The number of carbonyl (C=O) groups is 2. The molecule has 86 valence electrons. The zero-order valence-electron chi connectivity index (χ0n) is 7.15. The van der Waals surface area contributed by atoms with Crippen molar-refractivity contribution in [1.82, 2.24) is 5.32 Å². The topological polar surface area (TPSA) is 107 Å². The van der Waals surface area contributed by atoms with Crippen LogP contribution < -0.4 is 5.32 Å². The molecule has 6 nitrogen and oxygen atoms in total. The van der Waals surface area contributed by atoms with E-state index in [1.165, 1.54) is 0 Å². The fraction of sp³-hybridized carbons (Fsp3) is 0.600. The lowest BCUT2D eigenvalue weighted by Gasteiger charge is -2.14. The Morgan fingerprint density at radius 1 is 1.33 bits per heavy atom. The average molecular weight is 229 g/mol. The van der Waals surface area contributed by atoms with Crippen LogP contribution in [0.25, 0.3) is 0 Å². The lowest BCUT2D eigenvalue weighted by molar-refractivity contribution is -0.175. The van der Waals surface area contributed by atoms with Crippen molar-refractivity contribution < 1.29 is 37.9 Å². The Balaban J connectivity index is 4.43. The number of carbonyl (C=O) groups excluding carboxylic acids is 1. The number of alkyl halides is 3. The van der Waals surface area contributed by atoms with Crippen LogP contribution in [-0.4, -0.2) is 46.4 Å². The molecule has 10 heteroatoms. The van der Waals surface area contributed by atoms with Gasteiger partial charge in [0, 0.05) is 6.32 Å². The first-order valence-electron chi connectivity index (χ1n) is 3.61. The fourth-order valence-corrected chi connectivity index (χ4v) is 0.672. The fourth-order valence-electron chi connectivity index (χ4n) is 0.672. The Hall–Kier alpha value is -1.29. The summed E-state index contributed by atoms with van der Waals surface area (Å²) in [5, 5.41) is 26.1. The van der Waals surface area contributed by atoms with E-state index in [0.29, 0.717) is 0 Å². The van der Waals surface area contributed by atoms with Crippen molar-refractivity contribution in [2.75, 3.05) is 0 Å². The van der Waals surface area contributed by atoms with E-state index in [0.717, 1.165) is 5.32 Å². The van der Waals surface area contributed by atoms with E-state index in [1.807, 2.05) is 0 Å². The molecule has 0 heterocycles. The van der Waals surface area contributed by atoms with Gasteiger partial charge in [-0.15, -0.1) is 0 Å². The van der Waals surface area contributed by atoms with Crippen molar-refractivity contribution in [3.63, 3.8) is 0 Å². The zero-order valence-corrected chi connectivity index (χ0v) is 7.15. The summed E-state index contributed by atoms with van der Waals surface area (Å²) in [6.07, 6.45) is -6.15. The van der Waals surface area contributed by atoms with Crippen molar-refractivity contribution >= 4 is 19.0 Å². The average Bonchev–Trinajstić information content (AvgIpc) is 1.99. The molecule has 0 aromatic carbocycles. The van der Waals surface area contributed by atoms with Gasteiger partial charge in [-0.05, 0) is 0 Å². The minimum Gasteiger partial charge on any atom is -0.480 e. The van der Waals surface area contributed by atoms with Crippen molar-refractivity contribution in [2.45, 2.75) is 18.5 Å². The standard InChI is InChI=1S/C5H7BF3NO5/c7-5(8,9)4(13)10-2(3(11)12)1-6(14)15/h2,14-15H,1H2,(H,10,13)(H,11,12). The second kappa shape index (κ2) is 4.98. The highest BCUT2D eigenvalue weighted by Crippen LogP contribution is 2.15. The maximum absolute atomic E-state index is 11.7. The van der Waals surface area contributed by atoms with Crippen LogP contribution in [-0.2, 0) is 9.59 Å². The number of hydrogen-bond donors (Lipinski definition) is 4. The molecule has 0 spiro atoms. The highest BCUT2D eigenvalue weighted by Gasteiger charge is 2.41. The summed E-state index contributed by atoms with van der Waals surface area (Å²) in [5.41, 5.74) is 0. The molecule has 0 aliphatic heterocycles. The first-order valence-corrected chi connectivity index (χ1v) is 3.61. The van der Waals surface area contributed by atoms with Crippen LogP contribution in [0, 0.1) is 0 Å². The molecular weight excluding hydrogens is 222 g/mol. The molecule has 0 bridgehead atoms. The van der Waals surface area contributed by atoms with Gasteiger partial charge in [-0.1, -0.05) is 0 Å². The van der Waals surface area contributed by atoms with Gasteiger partial charge in [-0.25, -0.2) is 0 Å². The van der Waals surface area contributed by atoms with E-state index in [2.05, 4.69) is 0 Å². The van der Waals surface area contributed by atoms with Crippen LogP contribution in [0.5, 0.6) is 0 Å². The summed E-state index contributed by atoms with van der Waals surface area (Å²) in [6.45, 7) is 0. The Bertz CT molecular complexity index is 256. The quantitative estimate of drug-likeness (QED) is 0.443. The molecule has 1 unspecified atom stereocenters. The van der Waals surface area contributed by atoms with Gasteiger partial charge in [0.1, 0.15) is 6.04 Å². The smallest absolute Gasteiger partial charge is 0.471 e. The number of aliphatic carboxylic acids is 1. The molecule has 0 aromatic heterocycles. The predicted molar refractivity (Wildman–Crippen MR) is 40.6 cm³/mol. The molecule has 0 fully saturated rings. The Morgan fingerprint density at radius 2 is 1.80 bits per heavy atom. The maximum atomic E-state index is 11.7. The van der Waals surface area contributed by atoms with E-state index in [9.17, 15) is 22.8 Å². The third-order valence-corrected chi connectivity index (χ3v) is 1.31. The second-order valence-electron chi connectivity index (χ2n) is 2.58. The number of nitrogens with one attached hydrogen (secondary N) is 1. The molecule has 0 aliphatic rings. The van der Waals surface area contributed by atoms with Gasteiger partial charge >= 0.3 is 25.2 Å². The van der Waals surface area contributed by atoms with Crippen LogP contribution in [0.15, 0.2) is 0 Å². The molecule has 1 atom stereocenters. The van der Waals surface area contributed by atoms with E-state index < -0.39 is 37.5 Å². The predicted octanol–water partition coefficient (Wildman–Crippen LogP) is -1.41. The third kappa shape index (κ3) is 5.22.